The van der Waals surface area contributed by atoms with E-state index in [4.69, 9.17) is 0 Å². The molecule has 8 nitrogen and oxygen atoms in total. The third kappa shape index (κ3) is 4.38. The number of likely N-dealkylation sites (tertiary alicyclic amines) is 1. The lowest BCUT2D eigenvalue weighted by molar-refractivity contribution is 0.205. The van der Waals surface area contributed by atoms with Gasteiger partial charge in [-0.05, 0) is 18.9 Å². The fourth-order valence-corrected chi connectivity index (χ4v) is 2.74. The summed E-state index contributed by atoms with van der Waals surface area (Å²) in [7, 11) is 3.90. The quantitative estimate of drug-likeness (QED) is 0.841. The number of anilines is 2. The van der Waals surface area contributed by atoms with Crippen LogP contribution in [0.15, 0.2) is 24.7 Å². The second kappa shape index (κ2) is 7.36. The molecule has 0 unspecified atom stereocenters. The fraction of sp³-hybridized carbons (Fsp3) is 0.600. The Morgan fingerprint density at radius 1 is 1.13 bits per heavy atom. The van der Waals surface area contributed by atoms with Crippen molar-refractivity contribution in [3.8, 4) is 0 Å². The van der Waals surface area contributed by atoms with E-state index in [1.54, 1.807) is 23.4 Å². The van der Waals surface area contributed by atoms with Gasteiger partial charge in [-0.3, -0.25) is 0 Å². The van der Waals surface area contributed by atoms with Crippen molar-refractivity contribution in [3.05, 3.63) is 24.7 Å². The van der Waals surface area contributed by atoms with E-state index >= 15 is 0 Å². The second-order valence-electron chi connectivity index (χ2n) is 6.02. The summed E-state index contributed by atoms with van der Waals surface area (Å²) >= 11 is 0. The highest BCUT2D eigenvalue weighted by atomic mass is 15.5. The van der Waals surface area contributed by atoms with Crippen LogP contribution in [0.4, 0.5) is 11.8 Å². The van der Waals surface area contributed by atoms with Gasteiger partial charge in [-0.25, -0.2) is 4.98 Å². The Morgan fingerprint density at radius 2 is 1.87 bits per heavy atom. The van der Waals surface area contributed by atoms with Crippen LogP contribution >= 0.6 is 0 Å². The van der Waals surface area contributed by atoms with Crippen LogP contribution in [-0.4, -0.2) is 69.6 Å². The third-order valence-electron chi connectivity index (χ3n) is 4.07. The predicted molar refractivity (Wildman–Crippen MR) is 89.5 cm³/mol. The zero-order valence-corrected chi connectivity index (χ0v) is 13.8. The predicted octanol–water partition coefficient (Wildman–Crippen LogP) is 0.711. The number of hydrogen-bond acceptors (Lipinski definition) is 7. The van der Waals surface area contributed by atoms with Crippen molar-refractivity contribution < 1.29 is 0 Å². The summed E-state index contributed by atoms with van der Waals surface area (Å²) in [6.07, 6.45) is 7.48. The van der Waals surface area contributed by atoms with Gasteiger partial charge in [-0.2, -0.15) is 20.0 Å². The molecule has 8 heteroatoms. The highest BCUT2D eigenvalue weighted by molar-refractivity contribution is 5.41. The molecule has 0 aliphatic carbocycles. The molecule has 0 bridgehead atoms. The van der Waals surface area contributed by atoms with Gasteiger partial charge in [-0.1, -0.05) is 0 Å². The van der Waals surface area contributed by atoms with Crippen LogP contribution in [0.3, 0.4) is 0 Å². The lowest BCUT2D eigenvalue weighted by atomic mass is 10.1. The van der Waals surface area contributed by atoms with Gasteiger partial charge in [-0.15, -0.1) is 0 Å². The molecule has 1 aliphatic rings. The first-order valence-corrected chi connectivity index (χ1v) is 8.04. The summed E-state index contributed by atoms with van der Waals surface area (Å²) in [5.41, 5.74) is 0. The van der Waals surface area contributed by atoms with E-state index in [0.717, 1.165) is 50.8 Å². The lowest BCUT2D eigenvalue weighted by Crippen LogP contribution is -2.40. The zero-order chi connectivity index (χ0) is 16.1. The Morgan fingerprint density at radius 3 is 2.57 bits per heavy atom. The van der Waals surface area contributed by atoms with E-state index in [1.165, 1.54) is 0 Å². The lowest BCUT2D eigenvalue weighted by Gasteiger charge is -2.32. The standard InChI is InChI=1S/C15H24N8/c1-21(2)15-16-6-3-14(20-15)19-13-4-9-22(10-5-13)11-12-23-17-7-8-18-23/h3,6-8,13H,4-5,9-12H2,1-2H3,(H,16,19,20). The summed E-state index contributed by atoms with van der Waals surface area (Å²) in [6.45, 7) is 4.03. The van der Waals surface area contributed by atoms with E-state index in [-0.39, 0.29) is 0 Å². The average Bonchev–Trinajstić information content (AvgIpc) is 3.08. The zero-order valence-electron chi connectivity index (χ0n) is 13.8. The Hall–Kier alpha value is -2.22. The molecule has 1 saturated heterocycles. The molecular formula is C15H24N8. The molecule has 0 amide bonds. The van der Waals surface area contributed by atoms with E-state index in [2.05, 4.69) is 30.4 Å². The van der Waals surface area contributed by atoms with Gasteiger partial charge in [0.05, 0.1) is 18.9 Å². The maximum absolute atomic E-state index is 4.53. The molecule has 1 N–H and O–H groups in total. The molecule has 0 atom stereocenters. The minimum absolute atomic E-state index is 0.471. The highest BCUT2D eigenvalue weighted by Crippen LogP contribution is 2.16. The Labute approximate surface area is 136 Å². The van der Waals surface area contributed by atoms with Crippen LogP contribution in [-0.2, 0) is 6.54 Å². The molecule has 3 heterocycles. The van der Waals surface area contributed by atoms with Gasteiger partial charge in [0.2, 0.25) is 5.95 Å². The molecule has 3 rings (SSSR count). The van der Waals surface area contributed by atoms with Crippen molar-refractivity contribution in [2.24, 2.45) is 0 Å². The summed E-state index contributed by atoms with van der Waals surface area (Å²) in [5, 5.41) is 11.8. The maximum atomic E-state index is 4.53. The topological polar surface area (TPSA) is 75.0 Å². The second-order valence-corrected chi connectivity index (χ2v) is 6.02. The molecule has 2 aromatic heterocycles. The number of hydrogen-bond donors (Lipinski definition) is 1. The fourth-order valence-electron chi connectivity index (χ4n) is 2.74. The van der Waals surface area contributed by atoms with Gasteiger partial charge >= 0.3 is 0 Å². The largest absolute Gasteiger partial charge is 0.367 e. The first kappa shape index (κ1) is 15.7. The van der Waals surface area contributed by atoms with E-state index < -0.39 is 0 Å². The van der Waals surface area contributed by atoms with Crippen LogP contribution < -0.4 is 10.2 Å². The number of rotatable bonds is 6. The van der Waals surface area contributed by atoms with Crippen molar-refractivity contribution in [1.29, 1.82) is 0 Å². The Kier molecular flexibility index (Phi) is 5.02. The number of piperidine rings is 1. The van der Waals surface area contributed by atoms with Gasteiger partial charge in [0, 0.05) is 46.0 Å². The minimum Gasteiger partial charge on any atom is -0.367 e. The molecule has 0 saturated carbocycles. The van der Waals surface area contributed by atoms with Crippen molar-refractivity contribution in [2.45, 2.75) is 25.4 Å². The smallest absolute Gasteiger partial charge is 0.226 e. The monoisotopic (exact) mass is 316 g/mol. The van der Waals surface area contributed by atoms with Crippen LogP contribution in [0.1, 0.15) is 12.8 Å². The molecular weight excluding hydrogens is 292 g/mol. The van der Waals surface area contributed by atoms with E-state index in [9.17, 15) is 0 Å². The van der Waals surface area contributed by atoms with Crippen LogP contribution in [0.2, 0.25) is 0 Å². The average molecular weight is 316 g/mol. The molecule has 1 aliphatic heterocycles. The van der Waals surface area contributed by atoms with Gasteiger partial charge in [0.15, 0.2) is 0 Å². The van der Waals surface area contributed by atoms with Gasteiger partial charge in [0.25, 0.3) is 0 Å². The van der Waals surface area contributed by atoms with Crippen molar-refractivity contribution >= 4 is 11.8 Å². The molecule has 23 heavy (non-hydrogen) atoms. The summed E-state index contributed by atoms with van der Waals surface area (Å²) in [4.78, 5) is 14.9. The molecule has 0 spiro atoms. The number of nitrogens with zero attached hydrogens (tertiary/aromatic N) is 7. The summed E-state index contributed by atoms with van der Waals surface area (Å²) in [5.74, 6) is 1.64. The number of nitrogens with one attached hydrogen (secondary N) is 1. The minimum atomic E-state index is 0.471. The molecule has 2 aromatic rings. The van der Waals surface area contributed by atoms with Crippen LogP contribution in [0.25, 0.3) is 0 Å². The van der Waals surface area contributed by atoms with Crippen molar-refractivity contribution in [2.75, 3.05) is 43.9 Å². The van der Waals surface area contributed by atoms with Gasteiger partial charge in [0.1, 0.15) is 5.82 Å². The Balaban J connectivity index is 1.44. The normalized spacial score (nSPS) is 16.4. The maximum Gasteiger partial charge on any atom is 0.226 e. The van der Waals surface area contributed by atoms with Crippen LogP contribution in [0.5, 0.6) is 0 Å². The SMILES string of the molecule is CN(C)c1nccc(NC2CCN(CCn3nccn3)CC2)n1. The van der Waals surface area contributed by atoms with Crippen LogP contribution in [0, 0.1) is 0 Å². The molecule has 0 aromatic carbocycles. The molecule has 124 valence electrons. The summed E-state index contributed by atoms with van der Waals surface area (Å²) < 4.78 is 0. The first-order chi connectivity index (χ1) is 11.2. The molecule has 0 radical (unpaired) electrons. The van der Waals surface area contributed by atoms with E-state index in [0.29, 0.717) is 6.04 Å². The summed E-state index contributed by atoms with van der Waals surface area (Å²) in [6, 6.07) is 2.40. The number of aromatic nitrogens is 5. The third-order valence-corrected chi connectivity index (χ3v) is 4.07. The first-order valence-electron chi connectivity index (χ1n) is 8.04. The van der Waals surface area contributed by atoms with E-state index in [1.807, 2.05) is 25.1 Å². The van der Waals surface area contributed by atoms with Crippen molar-refractivity contribution in [1.82, 2.24) is 29.9 Å². The highest BCUT2D eigenvalue weighted by Gasteiger charge is 2.19. The van der Waals surface area contributed by atoms with Crippen molar-refractivity contribution in [3.63, 3.8) is 0 Å². The molecule has 1 fully saturated rings. The van der Waals surface area contributed by atoms with Gasteiger partial charge < -0.3 is 15.1 Å². The Bertz CT molecular complexity index is 589.